The molecule has 27 heavy (non-hydrogen) atoms. The Hall–Kier alpha value is -1.51. The third-order valence-electron chi connectivity index (χ3n) is 5.57. The van der Waals surface area contributed by atoms with Crippen LogP contribution in [0.2, 0.25) is 0 Å². The molecule has 2 fully saturated rings. The van der Waals surface area contributed by atoms with Crippen LogP contribution in [0.1, 0.15) is 49.3 Å². The summed E-state index contributed by atoms with van der Waals surface area (Å²) in [6.45, 7) is 2.83. The highest BCUT2D eigenvalue weighted by atomic mass is 127. The van der Waals surface area contributed by atoms with Crippen LogP contribution >= 0.6 is 24.0 Å². The van der Waals surface area contributed by atoms with E-state index in [2.05, 4.69) is 21.5 Å². The SMILES string of the molecule is Cn1cc(C2CCN(C(=NCCc3ccco3)NC3CCCC3)C2)cn1.I. The van der Waals surface area contributed by atoms with Crippen LogP contribution in [-0.2, 0) is 13.5 Å². The summed E-state index contributed by atoms with van der Waals surface area (Å²) < 4.78 is 7.33. The molecule has 0 radical (unpaired) electrons. The molecule has 1 saturated carbocycles. The van der Waals surface area contributed by atoms with Gasteiger partial charge in [-0.05, 0) is 37.0 Å². The summed E-state index contributed by atoms with van der Waals surface area (Å²) in [6.07, 6.45) is 13.1. The molecular formula is C20H30IN5O. The molecule has 1 saturated heterocycles. The van der Waals surface area contributed by atoms with Crippen LogP contribution < -0.4 is 5.32 Å². The normalized spacial score (nSPS) is 20.9. The molecule has 1 unspecified atom stereocenters. The summed E-state index contributed by atoms with van der Waals surface area (Å²) in [4.78, 5) is 7.36. The number of likely N-dealkylation sites (tertiary alicyclic amines) is 1. The maximum Gasteiger partial charge on any atom is 0.194 e. The molecule has 2 aliphatic rings. The van der Waals surface area contributed by atoms with Crippen molar-refractivity contribution in [2.45, 2.75) is 50.5 Å². The maximum absolute atomic E-state index is 5.44. The number of hydrogen-bond donors (Lipinski definition) is 1. The third-order valence-corrected chi connectivity index (χ3v) is 5.57. The monoisotopic (exact) mass is 483 g/mol. The van der Waals surface area contributed by atoms with E-state index >= 15 is 0 Å². The molecule has 0 bridgehead atoms. The largest absolute Gasteiger partial charge is 0.469 e. The predicted octanol–water partition coefficient (Wildman–Crippen LogP) is 3.55. The molecule has 0 aromatic carbocycles. The van der Waals surface area contributed by atoms with E-state index in [1.165, 1.54) is 31.2 Å². The summed E-state index contributed by atoms with van der Waals surface area (Å²) in [5, 5.41) is 8.07. The Labute approximate surface area is 178 Å². The minimum atomic E-state index is 0. The summed E-state index contributed by atoms with van der Waals surface area (Å²) in [7, 11) is 1.99. The van der Waals surface area contributed by atoms with E-state index in [-0.39, 0.29) is 24.0 Å². The summed E-state index contributed by atoms with van der Waals surface area (Å²) in [5.74, 6) is 2.63. The number of aromatic nitrogens is 2. The third kappa shape index (κ3) is 5.27. The fourth-order valence-corrected chi connectivity index (χ4v) is 4.09. The number of hydrogen-bond acceptors (Lipinski definition) is 3. The van der Waals surface area contributed by atoms with Crippen molar-refractivity contribution >= 4 is 29.9 Å². The fourth-order valence-electron chi connectivity index (χ4n) is 4.09. The van der Waals surface area contributed by atoms with Crippen molar-refractivity contribution in [1.82, 2.24) is 20.0 Å². The number of aliphatic imine (C=N–C) groups is 1. The van der Waals surface area contributed by atoms with Gasteiger partial charge in [0.1, 0.15) is 5.76 Å². The van der Waals surface area contributed by atoms with Gasteiger partial charge < -0.3 is 14.6 Å². The first-order valence-corrected chi connectivity index (χ1v) is 9.85. The van der Waals surface area contributed by atoms with Crippen molar-refractivity contribution in [2.24, 2.45) is 12.0 Å². The first-order chi connectivity index (χ1) is 12.8. The Morgan fingerprint density at radius 1 is 1.33 bits per heavy atom. The molecule has 1 atom stereocenters. The van der Waals surface area contributed by atoms with Crippen LogP contribution in [0, 0.1) is 0 Å². The van der Waals surface area contributed by atoms with Crippen molar-refractivity contribution < 1.29 is 4.42 Å². The average Bonchev–Trinajstić information content (AvgIpc) is 3.42. The van der Waals surface area contributed by atoms with E-state index in [1.54, 1.807) is 6.26 Å². The van der Waals surface area contributed by atoms with Gasteiger partial charge >= 0.3 is 0 Å². The van der Waals surface area contributed by atoms with Gasteiger partial charge in [-0.2, -0.15) is 5.10 Å². The van der Waals surface area contributed by atoms with Crippen molar-refractivity contribution in [3.05, 3.63) is 42.1 Å². The number of guanidine groups is 1. The molecule has 4 rings (SSSR count). The van der Waals surface area contributed by atoms with E-state index in [0.717, 1.165) is 44.2 Å². The van der Waals surface area contributed by atoms with Crippen LogP contribution in [0.15, 0.2) is 40.2 Å². The highest BCUT2D eigenvalue weighted by molar-refractivity contribution is 14.0. The highest BCUT2D eigenvalue weighted by Gasteiger charge is 2.28. The van der Waals surface area contributed by atoms with E-state index in [1.807, 2.05) is 30.1 Å². The number of furan rings is 1. The minimum absolute atomic E-state index is 0. The molecule has 1 aliphatic heterocycles. The van der Waals surface area contributed by atoms with Crippen molar-refractivity contribution in [3.63, 3.8) is 0 Å². The average molecular weight is 483 g/mol. The Morgan fingerprint density at radius 2 is 2.19 bits per heavy atom. The molecular weight excluding hydrogens is 453 g/mol. The van der Waals surface area contributed by atoms with Crippen molar-refractivity contribution in [1.29, 1.82) is 0 Å². The Kier molecular flexibility index (Phi) is 7.20. The fraction of sp³-hybridized carbons (Fsp3) is 0.600. The molecule has 6 nitrogen and oxygen atoms in total. The summed E-state index contributed by atoms with van der Waals surface area (Å²) in [5.41, 5.74) is 1.34. The summed E-state index contributed by atoms with van der Waals surface area (Å²) >= 11 is 0. The van der Waals surface area contributed by atoms with E-state index < -0.39 is 0 Å². The molecule has 148 valence electrons. The van der Waals surface area contributed by atoms with Gasteiger partial charge in [-0.25, -0.2) is 0 Å². The van der Waals surface area contributed by atoms with Gasteiger partial charge in [0.2, 0.25) is 0 Å². The van der Waals surface area contributed by atoms with Gasteiger partial charge in [-0.1, -0.05) is 12.8 Å². The lowest BCUT2D eigenvalue weighted by Crippen LogP contribution is -2.44. The second-order valence-electron chi connectivity index (χ2n) is 7.54. The Bertz CT molecular complexity index is 721. The zero-order valence-electron chi connectivity index (χ0n) is 16.0. The molecule has 2 aromatic rings. The molecule has 1 N–H and O–H groups in total. The molecule has 0 spiro atoms. The molecule has 0 amide bonds. The first-order valence-electron chi connectivity index (χ1n) is 9.85. The number of nitrogens with zero attached hydrogens (tertiary/aromatic N) is 4. The maximum atomic E-state index is 5.44. The lowest BCUT2D eigenvalue weighted by Gasteiger charge is -2.25. The van der Waals surface area contributed by atoms with Crippen LogP contribution in [0.25, 0.3) is 0 Å². The van der Waals surface area contributed by atoms with Gasteiger partial charge in [0, 0.05) is 51.3 Å². The van der Waals surface area contributed by atoms with Gasteiger partial charge in [0.25, 0.3) is 0 Å². The lowest BCUT2D eigenvalue weighted by molar-refractivity contribution is 0.463. The predicted molar refractivity (Wildman–Crippen MR) is 118 cm³/mol. The van der Waals surface area contributed by atoms with E-state index in [9.17, 15) is 0 Å². The zero-order chi connectivity index (χ0) is 17.8. The highest BCUT2D eigenvalue weighted by Crippen LogP contribution is 2.27. The van der Waals surface area contributed by atoms with Gasteiger partial charge in [0.05, 0.1) is 12.5 Å². The quantitative estimate of drug-likeness (QED) is 0.402. The molecule has 7 heteroatoms. The second-order valence-corrected chi connectivity index (χ2v) is 7.54. The van der Waals surface area contributed by atoms with Crippen molar-refractivity contribution in [2.75, 3.05) is 19.6 Å². The number of nitrogens with one attached hydrogen (secondary N) is 1. The van der Waals surface area contributed by atoms with Crippen molar-refractivity contribution in [3.8, 4) is 0 Å². The van der Waals surface area contributed by atoms with E-state index in [0.29, 0.717) is 12.0 Å². The smallest absolute Gasteiger partial charge is 0.194 e. The van der Waals surface area contributed by atoms with Gasteiger partial charge in [-0.3, -0.25) is 9.67 Å². The van der Waals surface area contributed by atoms with Crippen LogP contribution in [0.4, 0.5) is 0 Å². The standard InChI is InChI=1S/C20H29N5O.HI/c1-24-14-17(13-22-24)16-9-11-25(15-16)20(23-18-5-2-3-6-18)21-10-8-19-7-4-12-26-19;/h4,7,12-14,16,18H,2-3,5-6,8-11,15H2,1H3,(H,21,23);1H. The zero-order valence-corrected chi connectivity index (χ0v) is 18.3. The van der Waals surface area contributed by atoms with Crippen LogP contribution in [-0.4, -0.2) is 46.3 Å². The van der Waals surface area contributed by atoms with Gasteiger partial charge in [-0.15, -0.1) is 24.0 Å². The second kappa shape index (κ2) is 9.61. The lowest BCUT2D eigenvalue weighted by atomic mass is 10.0. The van der Waals surface area contributed by atoms with E-state index in [4.69, 9.17) is 9.41 Å². The topological polar surface area (TPSA) is 58.6 Å². The molecule has 1 aliphatic carbocycles. The molecule has 3 heterocycles. The number of halogens is 1. The minimum Gasteiger partial charge on any atom is -0.469 e. The number of rotatable bonds is 5. The summed E-state index contributed by atoms with van der Waals surface area (Å²) in [6, 6.07) is 4.54. The Balaban J connectivity index is 0.00000210. The van der Waals surface area contributed by atoms with Crippen LogP contribution in [0.3, 0.4) is 0 Å². The van der Waals surface area contributed by atoms with Gasteiger partial charge in [0.15, 0.2) is 5.96 Å². The molecule has 2 aromatic heterocycles. The Morgan fingerprint density at radius 3 is 2.89 bits per heavy atom. The first kappa shape index (κ1) is 20.2. The van der Waals surface area contributed by atoms with Crippen LogP contribution in [0.5, 0.6) is 0 Å². The number of aryl methyl sites for hydroxylation is 1.